The lowest BCUT2D eigenvalue weighted by molar-refractivity contribution is -0.135. The van der Waals surface area contributed by atoms with E-state index in [1.807, 2.05) is 29.2 Å². The Balaban J connectivity index is 1.45. The van der Waals surface area contributed by atoms with E-state index in [0.717, 1.165) is 50.1 Å². The molecule has 0 spiro atoms. The SMILES string of the molecule is CCc1ccccc1NC(=O)CN1CCN(C(=O)C2CCCN2)CC1. The molecule has 6 nitrogen and oxygen atoms in total. The van der Waals surface area contributed by atoms with E-state index in [4.69, 9.17) is 0 Å². The quantitative estimate of drug-likeness (QED) is 0.839. The van der Waals surface area contributed by atoms with Gasteiger partial charge in [0, 0.05) is 31.9 Å². The summed E-state index contributed by atoms with van der Waals surface area (Å²) in [4.78, 5) is 28.8. The van der Waals surface area contributed by atoms with Gasteiger partial charge in [-0.15, -0.1) is 0 Å². The monoisotopic (exact) mass is 344 g/mol. The highest BCUT2D eigenvalue weighted by molar-refractivity contribution is 5.93. The van der Waals surface area contributed by atoms with E-state index in [1.54, 1.807) is 0 Å². The van der Waals surface area contributed by atoms with E-state index in [-0.39, 0.29) is 17.9 Å². The molecule has 2 aliphatic heterocycles. The lowest BCUT2D eigenvalue weighted by atomic mass is 10.1. The Kier molecular flexibility index (Phi) is 6.04. The topological polar surface area (TPSA) is 64.7 Å². The van der Waals surface area contributed by atoms with Gasteiger partial charge in [-0.05, 0) is 37.4 Å². The number of rotatable bonds is 5. The third kappa shape index (κ3) is 4.58. The fraction of sp³-hybridized carbons (Fsp3) is 0.579. The smallest absolute Gasteiger partial charge is 0.239 e. The summed E-state index contributed by atoms with van der Waals surface area (Å²) in [5.41, 5.74) is 2.05. The van der Waals surface area contributed by atoms with Crippen LogP contribution in [0, 0.1) is 0 Å². The van der Waals surface area contributed by atoms with E-state index in [1.165, 1.54) is 0 Å². The Morgan fingerprint density at radius 2 is 1.96 bits per heavy atom. The Hall–Kier alpha value is -1.92. The van der Waals surface area contributed by atoms with Gasteiger partial charge >= 0.3 is 0 Å². The first kappa shape index (κ1) is 17.9. The molecule has 2 aliphatic rings. The molecule has 3 rings (SSSR count). The third-order valence-electron chi connectivity index (χ3n) is 5.08. The fourth-order valence-corrected chi connectivity index (χ4v) is 3.59. The zero-order chi connectivity index (χ0) is 17.6. The first-order valence-corrected chi connectivity index (χ1v) is 9.29. The molecular weight excluding hydrogens is 316 g/mol. The number of nitrogens with zero attached hydrogens (tertiary/aromatic N) is 2. The number of para-hydroxylation sites is 1. The first-order chi connectivity index (χ1) is 12.2. The van der Waals surface area contributed by atoms with Gasteiger partial charge in [0.2, 0.25) is 11.8 Å². The van der Waals surface area contributed by atoms with Crippen LogP contribution >= 0.6 is 0 Å². The molecule has 0 bridgehead atoms. The van der Waals surface area contributed by atoms with Gasteiger partial charge in [0.15, 0.2) is 0 Å². The number of nitrogens with one attached hydrogen (secondary N) is 2. The maximum absolute atomic E-state index is 12.4. The molecule has 0 aliphatic carbocycles. The lowest BCUT2D eigenvalue weighted by Crippen LogP contribution is -2.54. The number of hydrogen-bond acceptors (Lipinski definition) is 4. The molecular formula is C19H28N4O2. The average Bonchev–Trinajstić information content (AvgIpc) is 3.17. The minimum absolute atomic E-state index is 0.000365. The number of piperazine rings is 1. The van der Waals surface area contributed by atoms with Crippen molar-refractivity contribution in [2.45, 2.75) is 32.2 Å². The van der Waals surface area contributed by atoms with Gasteiger partial charge < -0.3 is 15.5 Å². The lowest BCUT2D eigenvalue weighted by Gasteiger charge is -2.35. The molecule has 136 valence electrons. The van der Waals surface area contributed by atoms with Crippen LogP contribution in [0.1, 0.15) is 25.3 Å². The predicted octanol–water partition coefficient (Wildman–Crippen LogP) is 1.08. The van der Waals surface area contributed by atoms with Crippen LogP contribution in [0.5, 0.6) is 0 Å². The first-order valence-electron chi connectivity index (χ1n) is 9.29. The minimum atomic E-state index is 0.000365. The fourth-order valence-electron chi connectivity index (χ4n) is 3.59. The molecule has 2 fully saturated rings. The standard InChI is InChI=1S/C19H28N4O2/c1-2-15-6-3-4-7-16(15)21-18(24)14-22-10-12-23(13-11-22)19(25)17-8-5-9-20-17/h3-4,6-7,17,20H,2,5,8-14H2,1H3,(H,21,24). The maximum Gasteiger partial charge on any atom is 0.239 e. The number of aryl methyl sites for hydroxylation is 1. The van der Waals surface area contributed by atoms with Gasteiger partial charge in [0.25, 0.3) is 0 Å². The molecule has 0 saturated carbocycles. The Morgan fingerprint density at radius 3 is 2.64 bits per heavy atom. The zero-order valence-electron chi connectivity index (χ0n) is 15.0. The van der Waals surface area contributed by atoms with Crippen molar-refractivity contribution in [3.63, 3.8) is 0 Å². The molecule has 6 heteroatoms. The molecule has 2 amide bonds. The highest BCUT2D eigenvalue weighted by atomic mass is 16.2. The van der Waals surface area contributed by atoms with Crippen molar-refractivity contribution in [3.05, 3.63) is 29.8 Å². The molecule has 1 atom stereocenters. The summed E-state index contributed by atoms with van der Waals surface area (Å²) in [5, 5.41) is 6.28. The van der Waals surface area contributed by atoms with Gasteiger partial charge in [-0.3, -0.25) is 14.5 Å². The number of anilines is 1. The largest absolute Gasteiger partial charge is 0.339 e. The molecule has 2 N–H and O–H groups in total. The van der Waals surface area contributed by atoms with E-state index in [2.05, 4.69) is 22.5 Å². The van der Waals surface area contributed by atoms with Crippen molar-refractivity contribution in [1.82, 2.24) is 15.1 Å². The molecule has 1 aromatic rings. The summed E-state index contributed by atoms with van der Waals surface area (Å²) in [6.45, 7) is 6.31. The second kappa shape index (κ2) is 8.45. The van der Waals surface area contributed by atoms with Crippen molar-refractivity contribution in [1.29, 1.82) is 0 Å². The van der Waals surface area contributed by atoms with Crippen molar-refractivity contribution < 1.29 is 9.59 Å². The zero-order valence-corrected chi connectivity index (χ0v) is 15.0. The van der Waals surface area contributed by atoms with E-state index >= 15 is 0 Å². The van der Waals surface area contributed by atoms with E-state index in [0.29, 0.717) is 19.6 Å². The number of hydrogen-bond donors (Lipinski definition) is 2. The van der Waals surface area contributed by atoms with Crippen molar-refractivity contribution >= 4 is 17.5 Å². The summed E-state index contributed by atoms with van der Waals surface area (Å²) < 4.78 is 0. The highest BCUT2D eigenvalue weighted by Crippen LogP contribution is 2.16. The van der Waals surface area contributed by atoms with Gasteiger partial charge in [-0.1, -0.05) is 25.1 Å². The van der Waals surface area contributed by atoms with Crippen LogP contribution in [0.4, 0.5) is 5.69 Å². The molecule has 25 heavy (non-hydrogen) atoms. The van der Waals surface area contributed by atoms with Crippen LogP contribution in [-0.4, -0.2) is 66.9 Å². The summed E-state index contributed by atoms with van der Waals surface area (Å²) in [6, 6.07) is 7.92. The highest BCUT2D eigenvalue weighted by Gasteiger charge is 2.29. The number of benzene rings is 1. The Bertz CT molecular complexity index is 605. The summed E-state index contributed by atoms with van der Waals surface area (Å²) in [5.74, 6) is 0.233. The van der Waals surface area contributed by atoms with Gasteiger partial charge in [0.05, 0.1) is 12.6 Å². The van der Waals surface area contributed by atoms with Crippen LogP contribution in [-0.2, 0) is 16.0 Å². The van der Waals surface area contributed by atoms with Crippen molar-refractivity contribution in [2.75, 3.05) is 44.6 Å². The summed E-state index contributed by atoms with van der Waals surface area (Å²) in [6.07, 6.45) is 2.92. The predicted molar refractivity (Wildman–Crippen MR) is 98.5 cm³/mol. The summed E-state index contributed by atoms with van der Waals surface area (Å²) in [7, 11) is 0. The number of carbonyl (C=O) groups excluding carboxylic acids is 2. The van der Waals surface area contributed by atoms with E-state index in [9.17, 15) is 9.59 Å². The average molecular weight is 344 g/mol. The van der Waals surface area contributed by atoms with Gasteiger partial charge in [0.1, 0.15) is 0 Å². The molecule has 1 aromatic carbocycles. The van der Waals surface area contributed by atoms with Crippen LogP contribution in [0.3, 0.4) is 0 Å². The normalized spacial score (nSPS) is 21.3. The number of carbonyl (C=O) groups is 2. The minimum Gasteiger partial charge on any atom is -0.339 e. The second-order valence-corrected chi connectivity index (χ2v) is 6.81. The third-order valence-corrected chi connectivity index (χ3v) is 5.08. The van der Waals surface area contributed by atoms with E-state index < -0.39 is 0 Å². The molecule has 2 heterocycles. The summed E-state index contributed by atoms with van der Waals surface area (Å²) >= 11 is 0. The van der Waals surface area contributed by atoms with Gasteiger partial charge in [-0.2, -0.15) is 0 Å². The second-order valence-electron chi connectivity index (χ2n) is 6.81. The van der Waals surface area contributed by atoms with Crippen molar-refractivity contribution in [3.8, 4) is 0 Å². The van der Waals surface area contributed by atoms with Crippen LogP contribution in [0.25, 0.3) is 0 Å². The molecule has 0 aromatic heterocycles. The number of amides is 2. The maximum atomic E-state index is 12.4. The molecule has 2 saturated heterocycles. The van der Waals surface area contributed by atoms with Crippen LogP contribution < -0.4 is 10.6 Å². The Labute approximate surface area is 149 Å². The Morgan fingerprint density at radius 1 is 1.20 bits per heavy atom. The van der Waals surface area contributed by atoms with Crippen molar-refractivity contribution in [2.24, 2.45) is 0 Å². The van der Waals surface area contributed by atoms with Crippen LogP contribution in [0.2, 0.25) is 0 Å². The molecule has 1 unspecified atom stereocenters. The van der Waals surface area contributed by atoms with Crippen LogP contribution in [0.15, 0.2) is 24.3 Å². The molecule has 0 radical (unpaired) electrons. The van der Waals surface area contributed by atoms with Gasteiger partial charge in [-0.25, -0.2) is 0 Å².